The van der Waals surface area contributed by atoms with E-state index in [0.717, 1.165) is 24.2 Å². The molecule has 3 aliphatic rings. The first kappa shape index (κ1) is 18.7. The van der Waals surface area contributed by atoms with Crippen molar-refractivity contribution in [3.05, 3.63) is 29.8 Å². The van der Waals surface area contributed by atoms with Gasteiger partial charge in [-0.25, -0.2) is 4.79 Å². The van der Waals surface area contributed by atoms with Gasteiger partial charge >= 0.3 is 5.97 Å². The lowest BCUT2D eigenvalue weighted by molar-refractivity contribution is -0.157. The van der Waals surface area contributed by atoms with Gasteiger partial charge in [-0.05, 0) is 50.2 Å². The number of hydrogen-bond acceptors (Lipinski definition) is 6. The summed E-state index contributed by atoms with van der Waals surface area (Å²) in [5.74, 6) is -1.15. The molecule has 1 saturated heterocycles. The predicted molar refractivity (Wildman–Crippen MR) is 97.4 cm³/mol. The molecule has 0 N–H and O–H groups in total. The van der Waals surface area contributed by atoms with Crippen LogP contribution in [-0.2, 0) is 19.1 Å². The summed E-state index contributed by atoms with van der Waals surface area (Å²) >= 11 is 0. The molecule has 148 valence electrons. The highest BCUT2D eigenvalue weighted by molar-refractivity contribution is 6.08. The molecule has 0 aromatic heterocycles. The second-order valence-electron chi connectivity index (χ2n) is 7.87. The summed E-state index contributed by atoms with van der Waals surface area (Å²) in [6, 6.07) is 5.52. The minimum Gasteiger partial charge on any atom is -0.497 e. The van der Waals surface area contributed by atoms with E-state index in [4.69, 9.17) is 9.47 Å². The van der Waals surface area contributed by atoms with Gasteiger partial charge in [-0.1, -0.05) is 12.1 Å². The van der Waals surface area contributed by atoms with Gasteiger partial charge in [0.05, 0.1) is 18.9 Å². The van der Waals surface area contributed by atoms with Crippen molar-refractivity contribution in [1.29, 1.82) is 0 Å². The van der Waals surface area contributed by atoms with Gasteiger partial charge in [-0.15, -0.1) is 0 Å². The van der Waals surface area contributed by atoms with Crippen molar-refractivity contribution in [2.24, 2.45) is 23.7 Å². The second-order valence-corrected chi connectivity index (χ2v) is 7.87. The van der Waals surface area contributed by atoms with E-state index in [-0.39, 0.29) is 41.3 Å². The topological polar surface area (TPSA) is 90.0 Å². The molecule has 2 saturated carbocycles. The smallest absolute Gasteiger partial charge is 0.329 e. The number of carbonyl (C=O) groups excluding carboxylic acids is 4. The SMILES string of the molecule is COc1cccc(C(=O)COC(=O)[C@H](C)N2C(=O)[C@H]3[C@H]4CC[C@@H](C4)[C@@H]3C2=O)c1. The Morgan fingerprint density at radius 2 is 1.79 bits per heavy atom. The third-order valence-electron chi connectivity index (χ3n) is 6.43. The molecule has 2 amide bonds. The highest BCUT2D eigenvalue weighted by Gasteiger charge is 2.62. The number of nitrogens with zero attached hydrogens (tertiary/aromatic N) is 1. The molecule has 28 heavy (non-hydrogen) atoms. The number of amides is 2. The van der Waals surface area contributed by atoms with Gasteiger partial charge in [-0.3, -0.25) is 19.3 Å². The summed E-state index contributed by atoms with van der Waals surface area (Å²) in [4.78, 5) is 51.3. The first-order valence-electron chi connectivity index (χ1n) is 9.63. The molecule has 3 fully saturated rings. The van der Waals surface area contributed by atoms with Crippen molar-refractivity contribution >= 4 is 23.6 Å². The van der Waals surface area contributed by atoms with Crippen LogP contribution in [0.25, 0.3) is 0 Å². The van der Waals surface area contributed by atoms with Crippen LogP contribution in [0.3, 0.4) is 0 Å². The lowest BCUT2D eigenvalue weighted by Crippen LogP contribution is -2.45. The number of hydrogen-bond donors (Lipinski definition) is 0. The number of likely N-dealkylation sites (tertiary alicyclic amines) is 1. The third kappa shape index (κ3) is 2.89. The molecule has 1 aromatic rings. The molecule has 2 bridgehead atoms. The molecule has 7 heteroatoms. The Hall–Kier alpha value is -2.70. The maximum Gasteiger partial charge on any atom is 0.329 e. The Labute approximate surface area is 163 Å². The maximum atomic E-state index is 12.8. The number of ether oxygens (including phenoxy) is 2. The van der Waals surface area contributed by atoms with E-state index in [2.05, 4.69) is 0 Å². The summed E-state index contributed by atoms with van der Waals surface area (Å²) < 4.78 is 10.2. The molecule has 7 nitrogen and oxygen atoms in total. The lowest BCUT2D eigenvalue weighted by atomic mass is 9.81. The second kappa shape index (κ2) is 7.04. The number of methoxy groups -OCH3 is 1. The van der Waals surface area contributed by atoms with E-state index in [0.29, 0.717) is 11.3 Å². The Morgan fingerprint density at radius 3 is 2.39 bits per heavy atom. The summed E-state index contributed by atoms with van der Waals surface area (Å²) in [5, 5.41) is 0. The van der Waals surface area contributed by atoms with Gasteiger partial charge in [0.15, 0.2) is 12.4 Å². The fourth-order valence-electron chi connectivity index (χ4n) is 5.06. The molecule has 1 aromatic carbocycles. The Balaban J connectivity index is 1.39. The monoisotopic (exact) mass is 385 g/mol. The summed E-state index contributed by atoms with van der Waals surface area (Å²) in [6.07, 6.45) is 2.90. The maximum absolute atomic E-state index is 12.8. The molecule has 4 rings (SSSR count). The first-order valence-corrected chi connectivity index (χ1v) is 9.63. The van der Waals surface area contributed by atoms with Gasteiger partial charge < -0.3 is 9.47 Å². The largest absolute Gasteiger partial charge is 0.497 e. The molecular formula is C21H23NO6. The minimum atomic E-state index is -1.02. The zero-order chi connectivity index (χ0) is 20.0. The lowest BCUT2D eigenvalue weighted by Gasteiger charge is -2.22. The Kier molecular flexibility index (Phi) is 4.69. The number of carbonyl (C=O) groups is 4. The van der Waals surface area contributed by atoms with Crippen molar-refractivity contribution in [2.45, 2.75) is 32.2 Å². The van der Waals surface area contributed by atoms with E-state index in [1.54, 1.807) is 24.3 Å². The zero-order valence-electron chi connectivity index (χ0n) is 15.9. The number of fused-ring (bicyclic) bond motifs is 5. The number of rotatable bonds is 6. The standard InChI is InChI=1S/C21H23NO6/c1-11(21(26)28-10-16(23)12-4-3-5-15(9-12)27-2)22-19(24)17-13-6-7-14(8-13)18(17)20(22)25/h3-5,9,11,13-14,17-18H,6-8,10H2,1-2H3/t11-,13-,14-,17-,18-/m0/s1. The van der Waals surface area contributed by atoms with Gasteiger partial charge in [-0.2, -0.15) is 0 Å². The predicted octanol–water partition coefficient (Wildman–Crippen LogP) is 1.84. The van der Waals surface area contributed by atoms with Crippen LogP contribution in [0, 0.1) is 23.7 Å². The van der Waals surface area contributed by atoms with E-state index >= 15 is 0 Å². The molecule has 1 heterocycles. The van der Waals surface area contributed by atoms with Crippen molar-refractivity contribution < 1.29 is 28.7 Å². The van der Waals surface area contributed by atoms with Crippen LogP contribution in [0.15, 0.2) is 24.3 Å². The van der Waals surface area contributed by atoms with Gasteiger partial charge in [0.25, 0.3) is 0 Å². The molecule has 0 unspecified atom stereocenters. The van der Waals surface area contributed by atoms with Gasteiger partial charge in [0.1, 0.15) is 11.8 Å². The average molecular weight is 385 g/mol. The van der Waals surface area contributed by atoms with Crippen LogP contribution in [0.1, 0.15) is 36.5 Å². The van der Waals surface area contributed by atoms with E-state index < -0.39 is 18.6 Å². The van der Waals surface area contributed by atoms with Gasteiger partial charge in [0.2, 0.25) is 11.8 Å². The molecule has 5 atom stereocenters. The normalized spacial score (nSPS) is 29.0. The van der Waals surface area contributed by atoms with E-state index in [9.17, 15) is 19.2 Å². The average Bonchev–Trinajstić information content (AvgIpc) is 3.39. The molecule has 0 radical (unpaired) electrons. The summed E-state index contributed by atoms with van der Waals surface area (Å²) in [5.41, 5.74) is 0.360. The summed E-state index contributed by atoms with van der Waals surface area (Å²) in [6.45, 7) is 1.03. The zero-order valence-corrected chi connectivity index (χ0v) is 15.9. The van der Waals surface area contributed by atoms with Crippen LogP contribution in [0.2, 0.25) is 0 Å². The fraction of sp³-hybridized carbons (Fsp3) is 0.524. The first-order chi connectivity index (χ1) is 13.4. The Morgan fingerprint density at radius 1 is 1.14 bits per heavy atom. The van der Waals surface area contributed by atoms with Gasteiger partial charge in [0, 0.05) is 5.56 Å². The van der Waals surface area contributed by atoms with Crippen molar-refractivity contribution in [3.8, 4) is 5.75 Å². The third-order valence-corrected chi connectivity index (χ3v) is 6.43. The molecule has 0 spiro atoms. The number of benzene rings is 1. The van der Waals surface area contributed by atoms with Crippen LogP contribution in [0.4, 0.5) is 0 Å². The molecule has 1 aliphatic heterocycles. The van der Waals surface area contributed by atoms with Crippen LogP contribution < -0.4 is 4.74 Å². The van der Waals surface area contributed by atoms with Crippen LogP contribution in [-0.4, -0.2) is 48.2 Å². The highest BCUT2D eigenvalue weighted by atomic mass is 16.5. The number of imide groups is 1. The van der Waals surface area contributed by atoms with Crippen molar-refractivity contribution in [1.82, 2.24) is 4.90 Å². The quantitative estimate of drug-likeness (QED) is 0.422. The highest BCUT2D eigenvalue weighted by Crippen LogP contribution is 2.56. The Bertz CT molecular complexity index is 821. The van der Waals surface area contributed by atoms with E-state index in [1.165, 1.54) is 14.0 Å². The number of Topliss-reactive ketones (excluding diaryl/α,β-unsaturated/α-hetero) is 1. The van der Waals surface area contributed by atoms with Crippen molar-refractivity contribution in [2.75, 3.05) is 13.7 Å². The number of esters is 1. The molecular weight excluding hydrogens is 362 g/mol. The fourth-order valence-corrected chi connectivity index (χ4v) is 5.06. The summed E-state index contributed by atoms with van der Waals surface area (Å²) in [7, 11) is 1.50. The minimum absolute atomic E-state index is 0.259. The van der Waals surface area contributed by atoms with Crippen molar-refractivity contribution in [3.63, 3.8) is 0 Å². The number of ketones is 1. The molecule has 2 aliphatic carbocycles. The van der Waals surface area contributed by atoms with Crippen LogP contribution >= 0.6 is 0 Å². The van der Waals surface area contributed by atoms with E-state index in [1.807, 2.05) is 0 Å². The van der Waals surface area contributed by atoms with Crippen LogP contribution in [0.5, 0.6) is 5.75 Å².